The number of aromatic amines is 1. The van der Waals surface area contributed by atoms with Crippen molar-refractivity contribution in [3.05, 3.63) is 75.0 Å². The molecular weight excluding hydrogens is 317 g/mol. The third-order valence-corrected chi connectivity index (χ3v) is 3.61. The van der Waals surface area contributed by atoms with Crippen molar-refractivity contribution >= 4 is 34.2 Å². The third kappa shape index (κ3) is 2.85. The molecule has 0 fully saturated rings. The van der Waals surface area contributed by atoms with Gasteiger partial charge in [0.15, 0.2) is 5.82 Å². The summed E-state index contributed by atoms with van der Waals surface area (Å²) in [6, 6.07) is 12.9. The molecule has 0 atom stereocenters. The highest BCUT2D eigenvalue weighted by Crippen LogP contribution is 2.24. The number of nitrogens with zero attached hydrogens (tertiary/aromatic N) is 2. The molecule has 0 saturated carbocycles. The molecule has 0 aliphatic carbocycles. The summed E-state index contributed by atoms with van der Waals surface area (Å²) in [6.07, 6.45) is 1.27. The molecule has 23 heavy (non-hydrogen) atoms. The van der Waals surface area contributed by atoms with Gasteiger partial charge in [-0.1, -0.05) is 29.8 Å². The molecule has 3 aromatic rings. The Labute approximate surface area is 135 Å². The summed E-state index contributed by atoms with van der Waals surface area (Å²) in [7, 11) is 0. The molecule has 1 N–H and O–H groups in total. The number of hydrogen-bond donors (Lipinski definition) is 1. The lowest BCUT2D eigenvalue weighted by Crippen LogP contribution is -2.11. The van der Waals surface area contributed by atoms with Crippen LogP contribution < -0.4 is 5.56 Å². The number of benzene rings is 2. The van der Waals surface area contributed by atoms with Crippen LogP contribution in [0.4, 0.5) is 4.39 Å². The zero-order valence-electron chi connectivity index (χ0n) is 11.7. The minimum absolute atomic E-state index is 0.0138. The maximum atomic E-state index is 13.9. The van der Waals surface area contributed by atoms with Crippen molar-refractivity contribution in [1.82, 2.24) is 9.97 Å². The Kier molecular flexibility index (Phi) is 3.92. The first kappa shape index (κ1) is 14.9. The van der Waals surface area contributed by atoms with E-state index in [2.05, 4.69) is 9.97 Å². The minimum atomic E-state index is -0.562. The van der Waals surface area contributed by atoms with Gasteiger partial charge in [0.1, 0.15) is 11.9 Å². The van der Waals surface area contributed by atoms with E-state index in [1.54, 1.807) is 24.3 Å². The van der Waals surface area contributed by atoms with E-state index in [0.717, 1.165) is 0 Å². The zero-order chi connectivity index (χ0) is 16.4. The Morgan fingerprint density at radius 2 is 2.04 bits per heavy atom. The van der Waals surface area contributed by atoms with E-state index in [9.17, 15) is 14.4 Å². The summed E-state index contributed by atoms with van der Waals surface area (Å²) in [5, 5.41) is 9.92. The summed E-state index contributed by atoms with van der Waals surface area (Å²) in [5.41, 5.74) is 0.166. The van der Waals surface area contributed by atoms with E-state index in [4.69, 9.17) is 11.6 Å². The van der Waals surface area contributed by atoms with E-state index >= 15 is 0 Å². The molecular formula is C17H9ClFN3O. The number of halogens is 2. The van der Waals surface area contributed by atoms with Gasteiger partial charge in [0.2, 0.25) is 0 Å². The number of nitrogens with one attached hydrogen (secondary N) is 1. The van der Waals surface area contributed by atoms with Crippen LogP contribution in [0.2, 0.25) is 5.02 Å². The van der Waals surface area contributed by atoms with Gasteiger partial charge in [-0.05, 0) is 30.3 Å². The van der Waals surface area contributed by atoms with Gasteiger partial charge in [0.05, 0.1) is 21.5 Å². The van der Waals surface area contributed by atoms with E-state index in [0.29, 0.717) is 10.9 Å². The van der Waals surface area contributed by atoms with E-state index < -0.39 is 5.82 Å². The zero-order valence-corrected chi connectivity index (χ0v) is 12.4. The molecule has 0 spiro atoms. The van der Waals surface area contributed by atoms with Gasteiger partial charge in [-0.2, -0.15) is 5.26 Å². The molecule has 0 bridgehead atoms. The number of hydrogen-bond acceptors (Lipinski definition) is 3. The summed E-state index contributed by atoms with van der Waals surface area (Å²) in [6.45, 7) is 0. The second kappa shape index (κ2) is 6.03. The summed E-state index contributed by atoms with van der Waals surface area (Å²) < 4.78 is 13.9. The van der Waals surface area contributed by atoms with Gasteiger partial charge in [-0.25, -0.2) is 9.37 Å². The number of para-hydroxylation sites is 1. The van der Waals surface area contributed by atoms with Crippen LogP contribution in [-0.2, 0) is 0 Å². The standard InChI is InChI=1S/C17H9ClFN3O/c18-13-5-3-6-14(19)12(13)8-10(9-20)16-21-15-7-2-1-4-11(15)17(23)22-16/h1-8H,(H,21,22,23). The number of allylic oxidation sites excluding steroid dienone is 1. The fourth-order valence-electron chi connectivity index (χ4n) is 2.16. The summed E-state index contributed by atoms with van der Waals surface area (Å²) in [4.78, 5) is 18.9. The van der Waals surface area contributed by atoms with Crippen LogP contribution in [0.15, 0.2) is 47.3 Å². The molecule has 1 heterocycles. The summed E-state index contributed by atoms with van der Waals surface area (Å²) >= 11 is 5.96. The highest BCUT2D eigenvalue weighted by atomic mass is 35.5. The van der Waals surface area contributed by atoms with Gasteiger partial charge in [0, 0.05) is 5.56 Å². The minimum Gasteiger partial charge on any atom is -0.305 e. The predicted octanol–water partition coefficient (Wildman–Crippen LogP) is 3.78. The SMILES string of the molecule is N#CC(=Cc1c(F)cccc1Cl)c1nc2ccccc2c(=O)[nH]1. The highest BCUT2D eigenvalue weighted by Gasteiger charge is 2.11. The van der Waals surface area contributed by atoms with Crippen molar-refractivity contribution in [2.75, 3.05) is 0 Å². The molecule has 112 valence electrons. The number of fused-ring (bicyclic) bond motifs is 1. The monoisotopic (exact) mass is 325 g/mol. The normalized spacial score (nSPS) is 11.4. The van der Waals surface area contributed by atoms with Crippen LogP contribution in [0.1, 0.15) is 11.4 Å². The maximum Gasteiger partial charge on any atom is 0.259 e. The van der Waals surface area contributed by atoms with Crippen molar-refractivity contribution in [3.63, 3.8) is 0 Å². The topological polar surface area (TPSA) is 69.5 Å². The lowest BCUT2D eigenvalue weighted by atomic mass is 10.1. The molecule has 0 aliphatic heterocycles. The van der Waals surface area contributed by atoms with Crippen molar-refractivity contribution in [2.24, 2.45) is 0 Å². The largest absolute Gasteiger partial charge is 0.305 e. The summed E-state index contributed by atoms with van der Waals surface area (Å²) in [5.74, 6) is -0.496. The average molecular weight is 326 g/mol. The molecule has 6 heteroatoms. The predicted molar refractivity (Wildman–Crippen MR) is 87.3 cm³/mol. The first-order valence-electron chi connectivity index (χ1n) is 6.65. The number of nitriles is 1. The van der Waals surface area contributed by atoms with Crippen molar-refractivity contribution in [3.8, 4) is 6.07 Å². The van der Waals surface area contributed by atoms with Gasteiger partial charge in [-0.3, -0.25) is 4.79 Å². The lowest BCUT2D eigenvalue weighted by Gasteiger charge is -2.04. The van der Waals surface area contributed by atoms with Crippen molar-refractivity contribution < 1.29 is 4.39 Å². The Bertz CT molecular complexity index is 1010. The highest BCUT2D eigenvalue weighted by molar-refractivity contribution is 6.32. The number of H-pyrrole nitrogens is 1. The number of aromatic nitrogens is 2. The molecule has 3 rings (SSSR count). The lowest BCUT2D eigenvalue weighted by molar-refractivity contribution is 0.625. The van der Waals surface area contributed by atoms with E-state index in [1.807, 2.05) is 6.07 Å². The van der Waals surface area contributed by atoms with Gasteiger partial charge in [0.25, 0.3) is 5.56 Å². The fourth-order valence-corrected chi connectivity index (χ4v) is 2.38. The number of rotatable bonds is 2. The maximum absolute atomic E-state index is 13.9. The van der Waals surface area contributed by atoms with Crippen molar-refractivity contribution in [1.29, 1.82) is 5.26 Å². The molecule has 0 radical (unpaired) electrons. The first-order chi connectivity index (χ1) is 11.1. The quantitative estimate of drug-likeness (QED) is 0.729. The Balaban J connectivity index is 2.21. The van der Waals surface area contributed by atoms with Crippen LogP contribution in [0, 0.1) is 17.1 Å². The third-order valence-electron chi connectivity index (χ3n) is 3.28. The Morgan fingerprint density at radius 3 is 2.78 bits per heavy atom. The van der Waals surface area contributed by atoms with Gasteiger partial charge in [-0.15, -0.1) is 0 Å². The van der Waals surface area contributed by atoms with Crippen LogP contribution >= 0.6 is 11.6 Å². The Hall–Kier alpha value is -2.97. The molecule has 0 aliphatic rings. The molecule has 0 saturated heterocycles. The molecule has 2 aromatic carbocycles. The second-order valence-corrected chi connectivity index (χ2v) is 5.14. The van der Waals surface area contributed by atoms with Crippen LogP contribution in [0.5, 0.6) is 0 Å². The van der Waals surface area contributed by atoms with E-state index in [1.165, 1.54) is 24.3 Å². The Morgan fingerprint density at radius 1 is 1.26 bits per heavy atom. The first-order valence-corrected chi connectivity index (χ1v) is 7.03. The van der Waals surface area contributed by atoms with Crippen LogP contribution in [0.3, 0.4) is 0 Å². The molecule has 1 aromatic heterocycles. The van der Waals surface area contributed by atoms with Gasteiger partial charge < -0.3 is 4.98 Å². The fraction of sp³-hybridized carbons (Fsp3) is 0. The second-order valence-electron chi connectivity index (χ2n) is 4.74. The van der Waals surface area contributed by atoms with Crippen LogP contribution in [-0.4, -0.2) is 9.97 Å². The van der Waals surface area contributed by atoms with Gasteiger partial charge >= 0.3 is 0 Å². The molecule has 0 amide bonds. The molecule has 0 unspecified atom stereocenters. The van der Waals surface area contributed by atoms with Crippen LogP contribution in [0.25, 0.3) is 22.6 Å². The van der Waals surface area contributed by atoms with E-state index in [-0.39, 0.29) is 27.5 Å². The smallest absolute Gasteiger partial charge is 0.259 e. The molecule has 4 nitrogen and oxygen atoms in total. The van der Waals surface area contributed by atoms with Crippen molar-refractivity contribution in [2.45, 2.75) is 0 Å². The average Bonchev–Trinajstić information content (AvgIpc) is 2.55.